The summed E-state index contributed by atoms with van der Waals surface area (Å²) in [6.07, 6.45) is 0.962. The molecule has 11 heteroatoms. The lowest BCUT2D eigenvalue weighted by Gasteiger charge is -2.17. The van der Waals surface area contributed by atoms with Crippen molar-refractivity contribution in [1.29, 1.82) is 0 Å². The van der Waals surface area contributed by atoms with Gasteiger partial charge in [-0.15, -0.1) is 0 Å². The molecular weight excluding hydrogens is 377 g/mol. The van der Waals surface area contributed by atoms with Crippen LogP contribution in [-0.4, -0.2) is 42.7 Å². The third-order valence-corrected chi connectivity index (χ3v) is 5.41. The zero-order valence-electron chi connectivity index (χ0n) is 14.8. The first-order valence-corrected chi connectivity index (χ1v) is 9.77. The number of rotatable bonds is 6. The number of nitrogens with one attached hydrogen (secondary N) is 3. The van der Waals surface area contributed by atoms with E-state index in [2.05, 4.69) is 29.4 Å². The van der Waals surface area contributed by atoms with Crippen molar-refractivity contribution in [2.45, 2.75) is 20.3 Å². The summed E-state index contributed by atoms with van der Waals surface area (Å²) in [4.78, 5) is 11.3. The topological polar surface area (TPSA) is 127 Å². The summed E-state index contributed by atoms with van der Waals surface area (Å²) in [6, 6.07) is 3.94. The van der Waals surface area contributed by atoms with Gasteiger partial charge >= 0.3 is 10.2 Å². The normalized spacial score (nSPS) is 16.0. The third kappa shape index (κ3) is 3.97. The number of aromatic hydroxyl groups is 1. The number of nitrogens with zero attached hydrogens (tertiary/aromatic N) is 2. The third-order valence-electron chi connectivity index (χ3n) is 4.03. The maximum Gasteiger partial charge on any atom is 0.326 e. The van der Waals surface area contributed by atoms with Crippen molar-refractivity contribution in [3.05, 3.63) is 24.0 Å². The van der Waals surface area contributed by atoms with Gasteiger partial charge in [0.25, 0.3) is 5.91 Å². The largest absolute Gasteiger partial charge is 0.506 e. The van der Waals surface area contributed by atoms with Gasteiger partial charge in [0.1, 0.15) is 23.8 Å². The van der Waals surface area contributed by atoms with Gasteiger partial charge in [0.2, 0.25) is 0 Å². The monoisotopic (exact) mass is 397 g/mol. The Kier molecular flexibility index (Phi) is 4.96. The van der Waals surface area contributed by atoms with E-state index < -0.39 is 39.9 Å². The Morgan fingerprint density at radius 1 is 1.37 bits per heavy atom. The van der Waals surface area contributed by atoms with Crippen LogP contribution >= 0.6 is 0 Å². The van der Waals surface area contributed by atoms with Gasteiger partial charge in [-0.1, -0.05) is 13.8 Å². The highest BCUT2D eigenvalue weighted by atomic mass is 32.2. The van der Waals surface area contributed by atoms with Crippen LogP contribution in [0.4, 0.5) is 15.9 Å². The summed E-state index contributed by atoms with van der Waals surface area (Å²) < 4.78 is 40.5. The van der Waals surface area contributed by atoms with Crippen LogP contribution in [0.1, 0.15) is 20.3 Å². The number of halogens is 1. The lowest BCUT2D eigenvalue weighted by atomic mass is 10.1. The van der Waals surface area contributed by atoms with Crippen molar-refractivity contribution in [2.75, 3.05) is 22.7 Å². The fourth-order valence-electron chi connectivity index (χ4n) is 2.68. The van der Waals surface area contributed by atoms with Crippen LogP contribution in [0.25, 0.3) is 11.3 Å². The van der Waals surface area contributed by atoms with E-state index in [0.717, 1.165) is 19.0 Å². The molecule has 1 aliphatic rings. The molecular formula is C16H20FN5O4S. The van der Waals surface area contributed by atoms with E-state index in [-0.39, 0.29) is 5.56 Å². The Morgan fingerprint density at radius 2 is 2.11 bits per heavy atom. The zero-order chi connectivity index (χ0) is 19.8. The molecule has 1 fully saturated rings. The summed E-state index contributed by atoms with van der Waals surface area (Å²) in [5.74, 6) is -1.27. The summed E-state index contributed by atoms with van der Waals surface area (Å²) in [5.41, 5.74) is 0.155. The van der Waals surface area contributed by atoms with E-state index in [1.807, 2.05) is 0 Å². The van der Waals surface area contributed by atoms with Crippen LogP contribution < -0.4 is 14.3 Å². The number of aromatic nitrogens is 2. The van der Waals surface area contributed by atoms with Gasteiger partial charge in [-0.3, -0.25) is 9.89 Å². The molecule has 9 nitrogen and oxygen atoms in total. The van der Waals surface area contributed by atoms with Crippen LogP contribution in [-0.2, 0) is 15.0 Å². The Labute approximate surface area is 155 Å². The second-order valence-corrected chi connectivity index (χ2v) is 8.23. The van der Waals surface area contributed by atoms with Crippen molar-refractivity contribution < 1.29 is 22.7 Å². The highest BCUT2D eigenvalue weighted by Crippen LogP contribution is 2.37. The van der Waals surface area contributed by atoms with Gasteiger partial charge in [-0.25, -0.2) is 13.4 Å². The molecule has 4 N–H and O–H groups in total. The molecule has 0 unspecified atom stereocenters. The van der Waals surface area contributed by atoms with E-state index in [4.69, 9.17) is 0 Å². The minimum atomic E-state index is -4.22. The van der Waals surface area contributed by atoms with E-state index in [1.165, 1.54) is 6.07 Å². The van der Waals surface area contributed by atoms with Crippen LogP contribution in [0, 0.1) is 11.7 Å². The molecule has 146 valence electrons. The van der Waals surface area contributed by atoms with Gasteiger partial charge in [-0.05, 0) is 24.5 Å². The predicted octanol–water partition coefficient (Wildman–Crippen LogP) is 1.56. The molecule has 0 spiro atoms. The first-order chi connectivity index (χ1) is 12.7. The van der Waals surface area contributed by atoms with Crippen molar-refractivity contribution in [3.63, 3.8) is 0 Å². The second-order valence-electron chi connectivity index (χ2n) is 6.64. The average Bonchev–Trinajstić information content (AvgIpc) is 3.10. The van der Waals surface area contributed by atoms with E-state index in [0.29, 0.717) is 21.7 Å². The molecule has 0 atom stereocenters. The number of carbonyl (C=O) groups is 1. The summed E-state index contributed by atoms with van der Waals surface area (Å²) in [5, 5.41) is 20.1. The molecule has 1 aromatic heterocycles. The van der Waals surface area contributed by atoms with Crippen molar-refractivity contribution >= 4 is 27.6 Å². The molecule has 0 bridgehead atoms. The van der Waals surface area contributed by atoms with Crippen LogP contribution in [0.5, 0.6) is 5.75 Å². The Bertz CT molecular complexity index is 950. The van der Waals surface area contributed by atoms with Crippen LogP contribution in [0.2, 0.25) is 0 Å². The number of carbonyl (C=O) groups excluding carboxylic acids is 1. The number of phenolic OH excluding ortho intramolecular Hbond substituents is 1. The lowest BCUT2D eigenvalue weighted by Crippen LogP contribution is -2.30. The van der Waals surface area contributed by atoms with E-state index in [1.54, 1.807) is 10.8 Å². The molecule has 27 heavy (non-hydrogen) atoms. The quantitative estimate of drug-likeness (QED) is 0.586. The average molecular weight is 397 g/mol. The van der Waals surface area contributed by atoms with Crippen molar-refractivity contribution in [1.82, 2.24) is 14.9 Å². The smallest absolute Gasteiger partial charge is 0.326 e. The number of hydrogen-bond acceptors (Lipinski definition) is 6. The molecule has 0 radical (unpaired) electrons. The van der Waals surface area contributed by atoms with Gasteiger partial charge in [0.05, 0.1) is 5.69 Å². The minimum absolute atomic E-state index is 0.286. The maximum atomic E-state index is 14.6. The molecule has 2 heterocycles. The fourth-order valence-corrected chi connectivity index (χ4v) is 3.85. The predicted molar refractivity (Wildman–Crippen MR) is 98.0 cm³/mol. The standard InChI is InChI=1S/C16H20FN5O4S/c1-9(2)3-4-18-14-7-12(19-20-14)10-5-11(17)16(13(23)6-10)22-8-15(24)21-27(22,25)26/h5-7,9,23H,3-4,8H2,1-2H3,(H,21,24)(H2,18,19,20). The van der Waals surface area contributed by atoms with Crippen LogP contribution in [0.3, 0.4) is 0 Å². The summed E-state index contributed by atoms with van der Waals surface area (Å²) in [7, 11) is -4.22. The van der Waals surface area contributed by atoms with E-state index in [9.17, 15) is 22.7 Å². The van der Waals surface area contributed by atoms with Crippen LogP contribution in [0.15, 0.2) is 18.2 Å². The molecule has 1 aliphatic heterocycles. The molecule has 1 amide bonds. The molecule has 0 saturated carbocycles. The number of benzene rings is 1. The number of phenols is 1. The SMILES string of the molecule is CC(C)CCNc1cc(-c2cc(O)c(N3CC(=O)NS3(=O)=O)c(F)c2)[nH]n1. The van der Waals surface area contributed by atoms with E-state index >= 15 is 0 Å². The molecule has 1 saturated heterocycles. The Morgan fingerprint density at radius 3 is 2.70 bits per heavy atom. The number of hydrogen-bond donors (Lipinski definition) is 4. The summed E-state index contributed by atoms with van der Waals surface area (Å²) >= 11 is 0. The number of H-pyrrole nitrogens is 1. The minimum Gasteiger partial charge on any atom is -0.506 e. The highest BCUT2D eigenvalue weighted by Gasteiger charge is 2.37. The van der Waals surface area contributed by atoms with Gasteiger partial charge in [0.15, 0.2) is 5.82 Å². The number of amides is 1. The van der Waals surface area contributed by atoms with Gasteiger partial charge in [-0.2, -0.15) is 13.5 Å². The lowest BCUT2D eigenvalue weighted by molar-refractivity contribution is -0.117. The van der Waals surface area contributed by atoms with Gasteiger partial charge < -0.3 is 10.4 Å². The van der Waals surface area contributed by atoms with Crippen molar-refractivity contribution in [2.24, 2.45) is 5.92 Å². The fraction of sp³-hybridized carbons (Fsp3) is 0.375. The first-order valence-electron chi connectivity index (χ1n) is 8.33. The zero-order valence-corrected chi connectivity index (χ0v) is 15.6. The van der Waals surface area contributed by atoms with Crippen molar-refractivity contribution in [3.8, 4) is 17.0 Å². The number of anilines is 2. The van der Waals surface area contributed by atoms with Gasteiger partial charge in [0, 0.05) is 18.2 Å². The second kappa shape index (κ2) is 7.06. The molecule has 0 aliphatic carbocycles. The molecule has 3 rings (SSSR count). The summed E-state index contributed by atoms with van der Waals surface area (Å²) in [6.45, 7) is 4.34. The Hall–Kier alpha value is -2.82. The number of aromatic amines is 1. The molecule has 1 aromatic carbocycles. The highest BCUT2D eigenvalue weighted by molar-refractivity contribution is 7.92. The molecule has 2 aromatic rings. The maximum absolute atomic E-state index is 14.6. The Balaban J connectivity index is 1.85. The first kappa shape index (κ1) is 19.0.